The van der Waals surface area contributed by atoms with Crippen LogP contribution >= 0.6 is 0 Å². The van der Waals surface area contributed by atoms with Gasteiger partial charge in [0.2, 0.25) is 0 Å². The smallest absolute Gasteiger partial charge is 0.255 e. The number of carbonyl (C=O) groups excluding carboxylic acids is 1. The maximum atomic E-state index is 12.7. The van der Waals surface area contributed by atoms with Gasteiger partial charge in [-0.25, -0.2) is 0 Å². The van der Waals surface area contributed by atoms with Gasteiger partial charge in [0, 0.05) is 0 Å². The molecule has 150 valence electrons. The second kappa shape index (κ2) is 10.2. The van der Waals surface area contributed by atoms with Crippen LogP contribution in [0.1, 0.15) is 22.8 Å². The third-order valence-electron chi connectivity index (χ3n) is 4.31. The van der Waals surface area contributed by atoms with Crippen LogP contribution in [0.3, 0.4) is 0 Å². The van der Waals surface area contributed by atoms with Crippen molar-refractivity contribution in [2.24, 2.45) is 0 Å². The Morgan fingerprint density at radius 3 is 2.24 bits per heavy atom. The van der Waals surface area contributed by atoms with E-state index in [0.29, 0.717) is 24.5 Å². The highest BCUT2D eigenvalue weighted by atomic mass is 16.5. The monoisotopic (exact) mass is 391 g/mol. The van der Waals surface area contributed by atoms with Gasteiger partial charge in [0.15, 0.2) is 0 Å². The van der Waals surface area contributed by atoms with E-state index in [1.807, 2.05) is 73.7 Å². The second-order valence-corrected chi connectivity index (χ2v) is 6.63. The van der Waals surface area contributed by atoms with Crippen molar-refractivity contribution in [2.75, 3.05) is 13.7 Å². The van der Waals surface area contributed by atoms with Gasteiger partial charge in [-0.1, -0.05) is 42.5 Å². The van der Waals surface area contributed by atoms with Crippen LogP contribution in [0.5, 0.6) is 17.2 Å². The molecule has 0 aromatic heterocycles. The van der Waals surface area contributed by atoms with Gasteiger partial charge in [0.1, 0.15) is 30.5 Å². The van der Waals surface area contributed by atoms with Gasteiger partial charge in [0.05, 0.1) is 18.7 Å². The molecule has 1 N–H and O–H groups in total. The van der Waals surface area contributed by atoms with E-state index in [4.69, 9.17) is 14.2 Å². The van der Waals surface area contributed by atoms with E-state index >= 15 is 0 Å². The van der Waals surface area contributed by atoms with Crippen LogP contribution in [-0.4, -0.2) is 25.7 Å². The lowest BCUT2D eigenvalue weighted by atomic mass is 10.1. The lowest BCUT2D eigenvalue weighted by Crippen LogP contribution is -2.37. The first-order valence-corrected chi connectivity index (χ1v) is 9.49. The Hall–Kier alpha value is -3.47. The summed E-state index contributed by atoms with van der Waals surface area (Å²) < 4.78 is 16.7. The normalized spacial score (nSPS) is 11.4. The summed E-state index contributed by atoms with van der Waals surface area (Å²) in [6.45, 7) is 2.65. The van der Waals surface area contributed by atoms with Crippen LogP contribution in [0.2, 0.25) is 0 Å². The molecule has 0 saturated carbocycles. The molecular weight excluding hydrogens is 366 g/mol. The number of rotatable bonds is 9. The van der Waals surface area contributed by atoms with Gasteiger partial charge >= 0.3 is 0 Å². The van der Waals surface area contributed by atoms with Crippen molar-refractivity contribution in [3.63, 3.8) is 0 Å². The molecule has 0 aliphatic rings. The Balaban J connectivity index is 1.55. The molecule has 29 heavy (non-hydrogen) atoms. The van der Waals surface area contributed by atoms with Gasteiger partial charge in [-0.15, -0.1) is 0 Å². The predicted octanol–water partition coefficient (Wildman–Crippen LogP) is 4.47. The van der Waals surface area contributed by atoms with E-state index in [0.717, 1.165) is 17.1 Å². The van der Waals surface area contributed by atoms with E-state index in [9.17, 15) is 4.79 Å². The number of benzene rings is 3. The molecule has 0 heterocycles. The van der Waals surface area contributed by atoms with Crippen molar-refractivity contribution in [3.05, 3.63) is 90.0 Å². The molecule has 3 aromatic carbocycles. The predicted molar refractivity (Wildman–Crippen MR) is 113 cm³/mol. The molecule has 0 radical (unpaired) electrons. The highest BCUT2D eigenvalue weighted by molar-refractivity contribution is 5.97. The third kappa shape index (κ3) is 6.01. The zero-order valence-corrected chi connectivity index (χ0v) is 16.6. The molecule has 0 saturated heterocycles. The first-order valence-electron chi connectivity index (χ1n) is 9.49. The van der Waals surface area contributed by atoms with Crippen molar-refractivity contribution >= 4 is 5.91 Å². The minimum Gasteiger partial charge on any atom is -0.497 e. The average Bonchev–Trinajstić information content (AvgIpc) is 2.77. The Morgan fingerprint density at radius 2 is 1.52 bits per heavy atom. The largest absolute Gasteiger partial charge is 0.497 e. The first kappa shape index (κ1) is 20.3. The summed E-state index contributed by atoms with van der Waals surface area (Å²) in [6.07, 6.45) is 0. The van der Waals surface area contributed by atoms with Crippen molar-refractivity contribution in [3.8, 4) is 17.2 Å². The molecule has 0 spiro atoms. The fraction of sp³-hybridized carbons (Fsp3) is 0.208. The standard InChI is InChI=1S/C24H25NO4/c1-18(16-28-21-14-12-20(27-2)13-15-21)25-24(26)22-10-6-7-11-23(22)29-17-19-8-4-3-5-9-19/h3-15,18H,16-17H2,1-2H3,(H,25,26)/t18-/m1/s1. The number of nitrogens with one attached hydrogen (secondary N) is 1. The average molecular weight is 391 g/mol. The molecule has 0 aliphatic carbocycles. The maximum Gasteiger partial charge on any atom is 0.255 e. The van der Waals surface area contributed by atoms with E-state index < -0.39 is 0 Å². The summed E-state index contributed by atoms with van der Waals surface area (Å²) in [7, 11) is 1.62. The Morgan fingerprint density at radius 1 is 0.862 bits per heavy atom. The highest BCUT2D eigenvalue weighted by Gasteiger charge is 2.15. The Kier molecular flexibility index (Phi) is 7.11. The highest BCUT2D eigenvalue weighted by Crippen LogP contribution is 2.20. The summed E-state index contributed by atoms with van der Waals surface area (Å²) >= 11 is 0. The van der Waals surface area contributed by atoms with Crippen molar-refractivity contribution in [1.82, 2.24) is 5.32 Å². The molecule has 0 unspecified atom stereocenters. The SMILES string of the molecule is COc1ccc(OC[C@@H](C)NC(=O)c2ccccc2OCc2ccccc2)cc1. The molecule has 0 fully saturated rings. The third-order valence-corrected chi connectivity index (χ3v) is 4.31. The molecule has 1 amide bonds. The second-order valence-electron chi connectivity index (χ2n) is 6.63. The molecule has 3 rings (SSSR count). The van der Waals surface area contributed by atoms with Crippen LogP contribution in [-0.2, 0) is 6.61 Å². The summed E-state index contributed by atoms with van der Waals surface area (Å²) in [4.78, 5) is 12.7. The van der Waals surface area contributed by atoms with Crippen LogP contribution in [0, 0.1) is 0 Å². The Bertz CT molecular complexity index is 910. The van der Waals surface area contributed by atoms with Crippen LogP contribution < -0.4 is 19.5 Å². The molecule has 5 heteroatoms. The molecule has 5 nitrogen and oxygen atoms in total. The summed E-state index contributed by atoms with van der Waals surface area (Å²) in [5, 5.41) is 2.96. The van der Waals surface area contributed by atoms with Crippen molar-refractivity contribution in [2.45, 2.75) is 19.6 Å². The lowest BCUT2D eigenvalue weighted by molar-refractivity contribution is 0.0922. The first-order chi connectivity index (χ1) is 14.2. The van der Waals surface area contributed by atoms with Crippen LogP contribution in [0.15, 0.2) is 78.9 Å². The zero-order valence-electron chi connectivity index (χ0n) is 16.6. The van der Waals surface area contributed by atoms with Crippen LogP contribution in [0.25, 0.3) is 0 Å². The number of ether oxygens (including phenoxy) is 3. The molecule has 0 bridgehead atoms. The van der Waals surface area contributed by atoms with Gasteiger partial charge < -0.3 is 19.5 Å². The number of para-hydroxylation sites is 1. The fourth-order valence-corrected chi connectivity index (χ4v) is 2.75. The number of hydrogen-bond donors (Lipinski definition) is 1. The van der Waals surface area contributed by atoms with E-state index in [2.05, 4.69) is 5.32 Å². The van der Waals surface area contributed by atoms with Crippen molar-refractivity contribution in [1.29, 1.82) is 0 Å². The summed E-state index contributed by atoms with van der Waals surface area (Å²) in [6, 6.07) is 24.2. The molecule has 3 aromatic rings. The van der Waals surface area contributed by atoms with Gasteiger partial charge in [-0.2, -0.15) is 0 Å². The summed E-state index contributed by atoms with van der Waals surface area (Å²) in [5.41, 5.74) is 1.55. The molecule has 1 atom stereocenters. The Labute approximate surface area is 171 Å². The van der Waals surface area contributed by atoms with Gasteiger partial charge in [0.25, 0.3) is 5.91 Å². The van der Waals surface area contributed by atoms with E-state index in [1.165, 1.54) is 0 Å². The lowest BCUT2D eigenvalue weighted by Gasteiger charge is -2.17. The minimum atomic E-state index is -0.195. The number of carbonyl (C=O) groups is 1. The van der Waals surface area contributed by atoms with Crippen LogP contribution in [0.4, 0.5) is 0 Å². The maximum absolute atomic E-state index is 12.7. The van der Waals surface area contributed by atoms with Crippen molar-refractivity contribution < 1.29 is 19.0 Å². The molecule has 0 aliphatic heterocycles. The number of methoxy groups -OCH3 is 1. The van der Waals surface area contributed by atoms with E-state index in [-0.39, 0.29) is 11.9 Å². The van der Waals surface area contributed by atoms with E-state index in [1.54, 1.807) is 19.2 Å². The summed E-state index contributed by atoms with van der Waals surface area (Å²) in [5.74, 6) is 1.85. The van der Waals surface area contributed by atoms with Gasteiger partial charge in [-0.3, -0.25) is 4.79 Å². The fourth-order valence-electron chi connectivity index (χ4n) is 2.75. The number of hydrogen-bond acceptors (Lipinski definition) is 4. The number of amides is 1. The zero-order chi connectivity index (χ0) is 20.5. The topological polar surface area (TPSA) is 56.8 Å². The quantitative estimate of drug-likeness (QED) is 0.585. The van der Waals surface area contributed by atoms with Gasteiger partial charge in [-0.05, 0) is 48.9 Å². The minimum absolute atomic E-state index is 0.174. The molecular formula is C24H25NO4.